The standard InChI is InChI=1S/C18H24Cl2N2O3S/c19-15-8-7-14(17(20)10-15)12-26(24,25)22-9-3-4-13(11-22)18(23)21-16-5-1-2-6-16/h7-8,10,13,16H,1-6,9,11-12H2,(H,21,23)/t13-/m0/s1. The molecule has 2 aliphatic rings. The van der Waals surface area contributed by atoms with Crippen molar-refractivity contribution in [2.75, 3.05) is 13.1 Å². The topological polar surface area (TPSA) is 66.5 Å². The highest BCUT2D eigenvalue weighted by Crippen LogP contribution is 2.27. The summed E-state index contributed by atoms with van der Waals surface area (Å²) in [6.45, 7) is 0.687. The van der Waals surface area contributed by atoms with Crippen molar-refractivity contribution in [3.63, 3.8) is 0 Å². The van der Waals surface area contributed by atoms with Crippen LogP contribution in [-0.2, 0) is 20.6 Å². The molecule has 1 amide bonds. The van der Waals surface area contributed by atoms with Crippen LogP contribution in [0.5, 0.6) is 0 Å². The molecule has 1 saturated carbocycles. The number of rotatable bonds is 5. The first-order chi connectivity index (χ1) is 12.3. The molecule has 1 aromatic carbocycles. The number of piperidine rings is 1. The first kappa shape index (κ1) is 19.9. The van der Waals surface area contributed by atoms with E-state index in [0.29, 0.717) is 28.6 Å². The number of hydrogen-bond acceptors (Lipinski definition) is 3. The molecule has 1 saturated heterocycles. The van der Waals surface area contributed by atoms with Crippen molar-refractivity contribution >= 4 is 39.1 Å². The molecule has 0 bridgehead atoms. The molecule has 3 rings (SSSR count). The highest BCUT2D eigenvalue weighted by Gasteiger charge is 2.33. The second kappa shape index (κ2) is 8.46. The van der Waals surface area contributed by atoms with Gasteiger partial charge >= 0.3 is 0 Å². The molecule has 5 nitrogen and oxygen atoms in total. The van der Waals surface area contributed by atoms with Gasteiger partial charge in [-0.3, -0.25) is 4.79 Å². The molecule has 1 aliphatic heterocycles. The van der Waals surface area contributed by atoms with E-state index < -0.39 is 10.0 Å². The Morgan fingerprint density at radius 1 is 1.15 bits per heavy atom. The van der Waals surface area contributed by atoms with Crippen molar-refractivity contribution in [2.24, 2.45) is 5.92 Å². The average Bonchev–Trinajstić information content (AvgIpc) is 3.10. The van der Waals surface area contributed by atoms with Gasteiger partial charge in [0.2, 0.25) is 15.9 Å². The average molecular weight is 419 g/mol. The van der Waals surface area contributed by atoms with E-state index >= 15 is 0 Å². The number of sulfonamides is 1. The maximum Gasteiger partial charge on any atom is 0.224 e. The van der Waals surface area contributed by atoms with Gasteiger partial charge < -0.3 is 5.32 Å². The van der Waals surface area contributed by atoms with E-state index in [-0.39, 0.29) is 30.2 Å². The van der Waals surface area contributed by atoms with Crippen LogP contribution < -0.4 is 5.32 Å². The maximum atomic E-state index is 12.8. The summed E-state index contributed by atoms with van der Waals surface area (Å²) in [5.41, 5.74) is 0.522. The Morgan fingerprint density at radius 3 is 2.58 bits per heavy atom. The van der Waals surface area contributed by atoms with Gasteiger partial charge in [0.1, 0.15) is 0 Å². The van der Waals surface area contributed by atoms with E-state index in [0.717, 1.165) is 32.1 Å². The first-order valence-corrected chi connectivity index (χ1v) is 11.4. The summed E-state index contributed by atoms with van der Waals surface area (Å²) in [4.78, 5) is 12.5. The largest absolute Gasteiger partial charge is 0.353 e. The first-order valence-electron chi connectivity index (χ1n) is 9.07. The lowest BCUT2D eigenvalue weighted by molar-refractivity contribution is -0.126. The zero-order valence-corrected chi connectivity index (χ0v) is 16.9. The molecule has 1 N–H and O–H groups in total. The summed E-state index contributed by atoms with van der Waals surface area (Å²) in [6, 6.07) is 5.06. The summed E-state index contributed by atoms with van der Waals surface area (Å²) in [5.74, 6) is -0.471. The number of halogens is 2. The van der Waals surface area contributed by atoms with Crippen molar-refractivity contribution in [1.29, 1.82) is 0 Å². The van der Waals surface area contributed by atoms with Gasteiger partial charge in [0.25, 0.3) is 0 Å². The molecule has 0 radical (unpaired) electrons. The van der Waals surface area contributed by atoms with E-state index in [1.54, 1.807) is 18.2 Å². The molecule has 1 atom stereocenters. The van der Waals surface area contributed by atoms with Crippen molar-refractivity contribution in [3.05, 3.63) is 33.8 Å². The highest BCUT2D eigenvalue weighted by atomic mass is 35.5. The summed E-state index contributed by atoms with van der Waals surface area (Å²) >= 11 is 12.0. The second-order valence-corrected chi connectivity index (χ2v) is 9.99. The summed E-state index contributed by atoms with van der Waals surface area (Å²) in [7, 11) is -3.54. The molecular weight excluding hydrogens is 395 g/mol. The van der Waals surface area contributed by atoms with Crippen LogP contribution in [-0.4, -0.2) is 37.8 Å². The smallest absolute Gasteiger partial charge is 0.224 e. The van der Waals surface area contributed by atoms with Gasteiger partial charge in [-0.2, -0.15) is 0 Å². The van der Waals surface area contributed by atoms with E-state index in [1.165, 1.54) is 4.31 Å². The minimum atomic E-state index is -3.54. The van der Waals surface area contributed by atoms with Crippen LogP contribution in [0, 0.1) is 5.92 Å². The SMILES string of the molecule is O=C(NC1CCCC1)[C@H]1CCCN(S(=O)(=O)Cc2ccc(Cl)cc2Cl)C1. The van der Waals surface area contributed by atoms with Crippen LogP contribution in [0.2, 0.25) is 10.0 Å². The Labute approximate surface area is 165 Å². The lowest BCUT2D eigenvalue weighted by Crippen LogP contribution is -2.47. The Balaban J connectivity index is 1.64. The second-order valence-electron chi connectivity index (χ2n) is 7.18. The number of hydrogen-bond donors (Lipinski definition) is 1. The van der Waals surface area contributed by atoms with Crippen LogP contribution in [0.3, 0.4) is 0 Å². The predicted octanol–water partition coefficient (Wildman–Crippen LogP) is 3.59. The third-order valence-corrected chi connectivity index (χ3v) is 7.58. The molecule has 0 unspecified atom stereocenters. The third kappa shape index (κ3) is 4.91. The highest BCUT2D eigenvalue weighted by molar-refractivity contribution is 7.88. The molecule has 26 heavy (non-hydrogen) atoms. The van der Waals surface area contributed by atoms with E-state index in [9.17, 15) is 13.2 Å². The fourth-order valence-corrected chi connectivity index (χ4v) is 5.92. The molecule has 0 aromatic heterocycles. The minimum absolute atomic E-state index is 0.0127. The minimum Gasteiger partial charge on any atom is -0.353 e. The molecule has 1 aliphatic carbocycles. The Kier molecular flexibility index (Phi) is 6.49. The molecule has 144 valence electrons. The Hall–Kier alpha value is -0.820. The van der Waals surface area contributed by atoms with Gasteiger partial charge in [0, 0.05) is 29.2 Å². The zero-order chi connectivity index (χ0) is 18.7. The molecule has 8 heteroatoms. The summed E-state index contributed by atoms with van der Waals surface area (Å²) < 4.78 is 27.0. The quantitative estimate of drug-likeness (QED) is 0.793. The lowest BCUT2D eigenvalue weighted by atomic mass is 9.98. The number of nitrogens with zero attached hydrogens (tertiary/aromatic N) is 1. The van der Waals surface area contributed by atoms with Gasteiger partial charge in [-0.05, 0) is 43.4 Å². The van der Waals surface area contributed by atoms with E-state index in [4.69, 9.17) is 23.2 Å². The van der Waals surface area contributed by atoms with E-state index in [2.05, 4.69) is 5.32 Å². The summed E-state index contributed by atoms with van der Waals surface area (Å²) in [5, 5.41) is 3.90. The number of benzene rings is 1. The molecule has 1 heterocycles. The van der Waals surface area contributed by atoms with Gasteiger partial charge in [-0.25, -0.2) is 12.7 Å². The van der Waals surface area contributed by atoms with Crippen LogP contribution >= 0.6 is 23.2 Å². The van der Waals surface area contributed by atoms with Crippen molar-refractivity contribution < 1.29 is 13.2 Å². The third-order valence-electron chi connectivity index (χ3n) is 5.20. The number of carbonyl (C=O) groups excluding carboxylic acids is 1. The van der Waals surface area contributed by atoms with Crippen LogP contribution in [0.25, 0.3) is 0 Å². The van der Waals surface area contributed by atoms with Crippen LogP contribution in [0.4, 0.5) is 0 Å². The maximum absolute atomic E-state index is 12.8. The molecule has 2 fully saturated rings. The monoisotopic (exact) mass is 418 g/mol. The molecule has 0 spiro atoms. The van der Waals surface area contributed by atoms with Gasteiger partial charge in [0.05, 0.1) is 11.7 Å². The summed E-state index contributed by atoms with van der Waals surface area (Å²) in [6.07, 6.45) is 5.77. The van der Waals surface area contributed by atoms with Gasteiger partial charge in [-0.1, -0.05) is 42.1 Å². The van der Waals surface area contributed by atoms with Gasteiger partial charge in [0.15, 0.2) is 0 Å². The number of carbonyl (C=O) groups is 1. The molecule has 1 aromatic rings. The van der Waals surface area contributed by atoms with Crippen molar-refractivity contribution in [3.8, 4) is 0 Å². The molecular formula is C18H24Cl2N2O3S. The normalized spacial score (nSPS) is 22.5. The van der Waals surface area contributed by atoms with Crippen molar-refractivity contribution in [1.82, 2.24) is 9.62 Å². The zero-order valence-electron chi connectivity index (χ0n) is 14.6. The van der Waals surface area contributed by atoms with E-state index in [1.807, 2.05) is 0 Å². The lowest BCUT2D eigenvalue weighted by Gasteiger charge is -2.32. The van der Waals surface area contributed by atoms with Crippen LogP contribution in [0.15, 0.2) is 18.2 Å². The predicted molar refractivity (Wildman–Crippen MR) is 104 cm³/mol. The number of amides is 1. The Bertz CT molecular complexity index is 764. The number of nitrogens with one attached hydrogen (secondary N) is 1. The fourth-order valence-electron chi connectivity index (χ4n) is 3.72. The Morgan fingerprint density at radius 2 is 1.88 bits per heavy atom. The van der Waals surface area contributed by atoms with Crippen LogP contribution in [0.1, 0.15) is 44.1 Å². The fraction of sp³-hybridized carbons (Fsp3) is 0.611. The van der Waals surface area contributed by atoms with Gasteiger partial charge in [-0.15, -0.1) is 0 Å². The van der Waals surface area contributed by atoms with Crippen molar-refractivity contribution in [2.45, 2.75) is 50.3 Å².